The zero-order valence-electron chi connectivity index (χ0n) is 9.63. The number of ether oxygens (including phenoxy) is 1. The Bertz CT molecular complexity index is 221. The largest absolute Gasteiger partial charge is 0.378 e. The molecule has 1 fully saturated rings. The van der Waals surface area contributed by atoms with E-state index in [9.17, 15) is 4.79 Å². The third-order valence-electron chi connectivity index (χ3n) is 2.78. The normalized spacial score (nSPS) is 29.9. The lowest BCUT2D eigenvalue weighted by Gasteiger charge is -2.19. The van der Waals surface area contributed by atoms with Crippen LogP contribution in [0.2, 0.25) is 0 Å². The van der Waals surface area contributed by atoms with Gasteiger partial charge in [-0.05, 0) is 33.6 Å². The summed E-state index contributed by atoms with van der Waals surface area (Å²) in [7, 11) is 0. The van der Waals surface area contributed by atoms with Gasteiger partial charge >= 0.3 is 0 Å². The number of rotatable bonds is 4. The van der Waals surface area contributed by atoms with E-state index in [1.807, 2.05) is 20.8 Å². The summed E-state index contributed by atoms with van der Waals surface area (Å²) in [5, 5.41) is 3.08. The maximum atomic E-state index is 11.8. The molecule has 3 nitrogen and oxygen atoms in total. The van der Waals surface area contributed by atoms with Crippen LogP contribution in [0.25, 0.3) is 0 Å². The molecule has 1 rings (SSSR count). The fraction of sp³-hybridized carbons (Fsp3) is 0.909. The molecule has 15 heavy (non-hydrogen) atoms. The second kappa shape index (κ2) is 5.71. The van der Waals surface area contributed by atoms with Gasteiger partial charge in [-0.25, -0.2) is 0 Å². The average molecular weight is 234 g/mol. The molecule has 1 saturated heterocycles. The second-order valence-corrected chi connectivity index (χ2v) is 5.14. The minimum Gasteiger partial charge on any atom is -0.378 e. The Labute approximate surface area is 96.5 Å². The highest BCUT2D eigenvalue weighted by Crippen LogP contribution is 2.20. The molecule has 1 N–H and O–H groups in total. The third kappa shape index (κ3) is 3.99. The minimum absolute atomic E-state index is 0.0121. The lowest BCUT2D eigenvalue weighted by molar-refractivity contribution is -0.127. The second-order valence-electron chi connectivity index (χ2n) is 4.40. The molecule has 0 aromatic carbocycles. The molecule has 4 atom stereocenters. The monoisotopic (exact) mass is 233 g/mol. The van der Waals surface area contributed by atoms with Crippen LogP contribution in [-0.4, -0.2) is 30.0 Å². The van der Waals surface area contributed by atoms with Crippen molar-refractivity contribution in [2.75, 3.05) is 6.61 Å². The molecule has 0 aromatic rings. The van der Waals surface area contributed by atoms with Crippen molar-refractivity contribution in [3.63, 3.8) is 0 Å². The molecule has 4 unspecified atom stereocenters. The Hall–Kier alpha value is -0.280. The SMILES string of the molecule is CC(Cl)CC(C)NC(=O)C1CCOC1C. The summed E-state index contributed by atoms with van der Waals surface area (Å²) in [5.41, 5.74) is 0. The average Bonchev–Trinajstić information content (AvgIpc) is 2.49. The number of carbonyl (C=O) groups is 1. The number of hydrogen-bond donors (Lipinski definition) is 1. The quantitative estimate of drug-likeness (QED) is 0.754. The minimum atomic E-state index is 0.0121. The smallest absolute Gasteiger partial charge is 0.226 e. The van der Waals surface area contributed by atoms with Crippen molar-refractivity contribution in [3.8, 4) is 0 Å². The van der Waals surface area contributed by atoms with Gasteiger partial charge in [-0.15, -0.1) is 11.6 Å². The van der Waals surface area contributed by atoms with Crippen LogP contribution >= 0.6 is 11.6 Å². The van der Waals surface area contributed by atoms with Crippen molar-refractivity contribution in [1.29, 1.82) is 0 Å². The zero-order chi connectivity index (χ0) is 11.4. The fourth-order valence-electron chi connectivity index (χ4n) is 1.97. The van der Waals surface area contributed by atoms with Crippen LogP contribution in [-0.2, 0) is 9.53 Å². The highest BCUT2D eigenvalue weighted by molar-refractivity contribution is 6.20. The van der Waals surface area contributed by atoms with Gasteiger partial charge in [0, 0.05) is 18.0 Å². The molecular formula is C11H20ClNO2. The molecule has 0 radical (unpaired) electrons. The highest BCUT2D eigenvalue weighted by Gasteiger charge is 2.31. The number of halogens is 1. The molecular weight excluding hydrogens is 214 g/mol. The molecule has 0 saturated carbocycles. The molecule has 0 bridgehead atoms. The summed E-state index contributed by atoms with van der Waals surface area (Å²) in [6, 6.07) is 0.137. The van der Waals surface area contributed by atoms with E-state index < -0.39 is 0 Å². The third-order valence-corrected chi connectivity index (χ3v) is 2.96. The van der Waals surface area contributed by atoms with Crippen LogP contribution in [0, 0.1) is 5.92 Å². The summed E-state index contributed by atoms with van der Waals surface area (Å²) in [6.45, 7) is 6.56. The first kappa shape index (κ1) is 12.8. The summed E-state index contributed by atoms with van der Waals surface area (Å²) in [5.74, 6) is 0.114. The molecule has 1 aliphatic heterocycles. The van der Waals surface area contributed by atoms with Gasteiger partial charge in [-0.1, -0.05) is 0 Å². The maximum Gasteiger partial charge on any atom is 0.226 e. The Morgan fingerprint density at radius 3 is 2.73 bits per heavy atom. The van der Waals surface area contributed by atoms with Crippen molar-refractivity contribution in [2.45, 2.75) is 51.1 Å². The first-order chi connectivity index (χ1) is 7.00. The summed E-state index contributed by atoms with van der Waals surface area (Å²) in [4.78, 5) is 11.8. The van der Waals surface area contributed by atoms with Crippen LogP contribution in [0.3, 0.4) is 0 Å². The molecule has 88 valence electrons. The zero-order valence-corrected chi connectivity index (χ0v) is 10.4. The van der Waals surface area contributed by atoms with E-state index in [0.29, 0.717) is 6.61 Å². The predicted molar refractivity (Wildman–Crippen MR) is 61.1 cm³/mol. The Balaban J connectivity index is 2.34. The van der Waals surface area contributed by atoms with E-state index in [4.69, 9.17) is 16.3 Å². The number of carbonyl (C=O) groups excluding carboxylic acids is 1. The summed E-state index contributed by atoms with van der Waals surface area (Å²) >= 11 is 5.87. The molecule has 0 spiro atoms. The van der Waals surface area contributed by atoms with Crippen molar-refractivity contribution >= 4 is 17.5 Å². The van der Waals surface area contributed by atoms with Gasteiger partial charge in [0.2, 0.25) is 5.91 Å². The van der Waals surface area contributed by atoms with Crippen LogP contribution in [0.4, 0.5) is 0 Å². The molecule has 0 aromatic heterocycles. The lowest BCUT2D eigenvalue weighted by atomic mass is 10.0. The topological polar surface area (TPSA) is 38.3 Å². The standard InChI is InChI=1S/C11H20ClNO2/c1-7(12)6-8(2)13-11(14)10-4-5-15-9(10)3/h7-10H,4-6H2,1-3H3,(H,13,14). The highest BCUT2D eigenvalue weighted by atomic mass is 35.5. The Morgan fingerprint density at radius 2 is 2.27 bits per heavy atom. The molecule has 1 heterocycles. The van der Waals surface area contributed by atoms with Crippen molar-refractivity contribution < 1.29 is 9.53 Å². The van der Waals surface area contributed by atoms with Gasteiger partial charge in [-0.3, -0.25) is 4.79 Å². The van der Waals surface area contributed by atoms with Crippen LogP contribution in [0.1, 0.15) is 33.6 Å². The van der Waals surface area contributed by atoms with Gasteiger partial charge in [-0.2, -0.15) is 0 Å². The number of alkyl halides is 1. The van der Waals surface area contributed by atoms with Crippen LogP contribution in [0.15, 0.2) is 0 Å². The van der Waals surface area contributed by atoms with Gasteiger partial charge in [0.25, 0.3) is 0 Å². The maximum absolute atomic E-state index is 11.8. The Kier molecular flexibility index (Phi) is 4.87. The van der Waals surface area contributed by atoms with Crippen LogP contribution in [0.5, 0.6) is 0 Å². The number of nitrogens with one attached hydrogen (secondary N) is 1. The number of amides is 1. The number of hydrogen-bond acceptors (Lipinski definition) is 2. The van der Waals surface area contributed by atoms with Crippen molar-refractivity contribution in [1.82, 2.24) is 5.32 Å². The first-order valence-electron chi connectivity index (χ1n) is 5.56. The van der Waals surface area contributed by atoms with E-state index in [0.717, 1.165) is 12.8 Å². The van der Waals surface area contributed by atoms with E-state index in [-0.39, 0.29) is 29.3 Å². The predicted octanol–water partition coefficient (Wildman–Crippen LogP) is 1.93. The van der Waals surface area contributed by atoms with Gasteiger partial charge in [0.1, 0.15) is 0 Å². The molecule has 0 aliphatic carbocycles. The van der Waals surface area contributed by atoms with Gasteiger partial charge < -0.3 is 10.1 Å². The molecule has 1 aliphatic rings. The van der Waals surface area contributed by atoms with Gasteiger partial charge in [0.05, 0.1) is 12.0 Å². The fourth-order valence-corrected chi connectivity index (χ4v) is 2.24. The Morgan fingerprint density at radius 1 is 1.60 bits per heavy atom. The van der Waals surface area contributed by atoms with E-state index in [2.05, 4.69) is 5.32 Å². The van der Waals surface area contributed by atoms with Crippen molar-refractivity contribution in [2.24, 2.45) is 5.92 Å². The van der Waals surface area contributed by atoms with Crippen LogP contribution < -0.4 is 5.32 Å². The summed E-state index contributed by atoms with van der Waals surface area (Å²) in [6.07, 6.45) is 1.68. The lowest BCUT2D eigenvalue weighted by Crippen LogP contribution is -2.40. The molecule has 4 heteroatoms. The van der Waals surface area contributed by atoms with E-state index in [1.54, 1.807) is 0 Å². The summed E-state index contributed by atoms with van der Waals surface area (Å²) < 4.78 is 5.36. The van der Waals surface area contributed by atoms with E-state index in [1.165, 1.54) is 0 Å². The first-order valence-corrected chi connectivity index (χ1v) is 6.00. The van der Waals surface area contributed by atoms with Gasteiger partial charge in [0.15, 0.2) is 0 Å². The van der Waals surface area contributed by atoms with Crippen molar-refractivity contribution in [3.05, 3.63) is 0 Å². The van der Waals surface area contributed by atoms with E-state index >= 15 is 0 Å². The molecule has 1 amide bonds.